The Hall–Kier alpha value is -2.32. The van der Waals surface area contributed by atoms with Gasteiger partial charge in [-0.15, -0.1) is 0 Å². The quantitative estimate of drug-likeness (QED) is 0.262. The number of imidazole rings is 1. The highest BCUT2D eigenvalue weighted by Crippen LogP contribution is 2.36. The highest BCUT2D eigenvalue weighted by atomic mass is 79.9. The van der Waals surface area contributed by atoms with Gasteiger partial charge in [-0.05, 0) is 22.0 Å². The molecule has 0 aliphatic heterocycles. The number of hydrogen-bond donors (Lipinski definition) is 1. The minimum atomic E-state index is -0.935. The van der Waals surface area contributed by atoms with Crippen LogP contribution in [0.15, 0.2) is 52.5 Å². The predicted octanol–water partition coefficient (Wildman–Crippen LogP) is 4.58. The summed E-state index contributed by atoms with van der Waals surface area (Å²) in [7, 11) is 0. The van der Waals surface area contributed by atoms with Gasteiger partial charge in [-0.1, -0.05) is 24.8 Å². The number of Topliss-reactive ketones (excluding diaryl/α,β-unsaturated/α-hetero) is 1. The van der Waals surface area contributed by atoms with Crippen LogP contribution in [0.3, 0.4) is 0 Å². The molecule has 1 aromatic heterocycles. The van der Waals surface area contributed by atoms with E-state index in [1.54, 1.807) is 0 Å². The lowest BCUT2D eigenvalue weighted by atomic mass is 10.00. The van der Waals surface area contributed by atoms with Gasteiger partial charge in [0.25, 0.3) is 5.69 Å². The van der Waals surface area contributed by atoms with Crippen LogP contribution >= 0.6 is 27.5 Å². The zero-order valence-corrected chi connectivity index (χ0v) is 13.7. The van der Waals surface area contributed by atoms with E-state index >= 15 is 0 Å². The Balaban J connectivity index is 2.79. The minimum absolute atomic E-state index is 0.0984. The number of H-pyrrole nitrogens is 1. The maximum Gasteiger partial charge on any atom is 0.283 e. The molecule has 0 spiro atoms. The summed E-state index contributed by atoms with van der Waals surface area (Å²) >= 11 is 8.86. The Bertz CT molecular complexity index is 904. The number of nitrogens with one attached hydrogen (secondary N) is 1. The summed E-state index contributed by atoms with van der Waals surface area (Å²) in [4.78, 5) is 29.9. The number of hydrogen-bond acceptors (Lipinski definition) is 4. The van der Waals surface area contributed by atoms with Crippen molar-refractivity contribution in [2.24, 2.45) is 0 Å². The topological polar surface area (TPSA) is 88.9 Å². The number of halogens is 3. The third-order valence-corrected chi connectivity index (χ3v) is 3.87. The largest absolute Gasteiger partial charge is 0.344 e. The first-order valence-corrected chi connectivity index (χ1v) is 7.16. The van der Waals surface area contributed by atoms with E-state index in [-0.39, 0.29) is 20.6 Å². The molecule has 0 saturated carbocycles. The molecule has 9 heteroatoms. The molecule has 1 heterocycles. The number of aromatic nitrogens is 2. The number of nitrogens with zero attached hydrogens (tertiary/aromatic N) is 2. The van der Waals surface area contributed by atoms with Gasteiger partial charge >= 0.3 is 0 Å². The van der Waals surface area contributed by atoms with Crippen LogP contribution in [0.2, 0.25) is 0 Å². The van der Waals surface area contributed by atoms with Crippen molar-refractivity contribution in [2.45, 2.75) is 0 Å². The molecule has 0 amide bonds. The lowest BCUT2D eigenvalue weighted by molar-refractivity contribution is -0.385. The van der Waals surface area contributed by atoms with Crippen molar-refractivity contribution >= 4 is 50.0 Å². The summed E-state index contributed by atoms with van der Waals surface area (Å²) in [5.74, 6) is -1.80. The van der Waals surface area contributed by atoms with Gasteiger partial charge < -0.3 is 4.98 Å². The first-order valence-electron chi connectivity index (χ1n) is 5.99. The van der Waals surface area contributed by atoms with Gasteiger partial charge in [-0.3, -0.25) is 14.9 Å². The Morgan fingerprint density at radius 3 is 2.70 bits per heavy atom. The van der Waals surface area contributed by atoms with E-state index in [0.717, 1.165) is 6.08 Å². The Kier molecular flexibility index (Phi) is 4.76. The van der Waals surface area contributed by atoms with E-state index in [9.17, 15) is 19.3 Å². The summed E-state index contributed by atoms with van der Waals surface area (Å²) in [6.07, 6.45) is 2.09. The van der Waals surface area contributed by atoms with Crippen LogP contribution in [0.4, 0.5) is 10.1 Å². The molecule has 0 unspecified atom stereocenters. The molecular formula is C14H8BrClFN3O3. The van der Waals surface area contributed by atoms with E-state index in [0.29, 0.717) is 11.0 Å². The number of nitro benzene ring substituents is 1. The predicted molar refractivity (Wildman–Crippen MR) is 88.1 cm³/mol. The summed E-state index contributed by atoms with van der Waals surface area (Å²) in [5, 5.41) is 11.0. The highest BCUT2D eigenvalue weighted by Gasteiger charge is 2.29. The third-order valence-electron chi connectivity index (χ3n) is 2.90. The molecule has 23 heavy (non-hydrogen) atoms. The molecule has 0 fully saturated rings. The zero-order chi connectivity index (χ0) is 17.3. The standard InChI is InChI=1S/C14H8BrClFN3O3/c1-6(17)3-8(7(2)16)14(21)11-10(20(22)23)4-9-13(12(11)15)19-5-18-9/h3-5H,1-2H2,(H,18,19)/b8-3+. The number of aromatic amines is 1. The van der Waals surface area contributed by atoms with Gasteiger partial charge in [-0.25, -0.2) is 9.37 Å². The number of allylic oxidation sites excluding steroid dienone is 4. The second-order valence-electron chi connectivity index (χ2n) is 4.38. The molecule has 1 aromatic carbocycles. The zero-order valence-electron chi connectivity index (χ0n) is 11.4. The maximum atomic E-state index is 13.1. The van der Waals surface area contributed by atoms with Crippen molar-refractivity contribution in [2.75, 3.05) is 0 Å². The molecule has 2 aromatic rings. The van der Waals surface area contributed by atoms with E-state index in [1.165, 1.54) is 12.4 Å². The van der Waals surface area contributed by atoms with Crippen molar-refractivity contribution in [3.63, 3.8) is 0 Å². The molecule has 0 aliphatic rings. The smallest absolute Gasteiger partial charge is 0.283 e. The van der Waals surface area contributed by atoms with Gasteiger partial charge in [0, 0.05) is 16.7 Å². The fourth-order valence-corrected chi connectivity index (χ4v) is 2.79. The fraction of sp³-hybridized carbons (Fsp3) is 0. The van der Waals surface area contributed by atoms with Gasteiger partial charge in [-0.2, -0.15) is 0 Å². The van der Waals surface area contributed by atoms with Crippen LogP contribution in [0.1, 0.15) is 10.4 Å². The molecule has 0 bridgehead atoms. The number of ketones is 1. The molecule has 118 valence electrons. The number of rotatable bonds is 5. The minimum Gasteiger partial charge on any atom is -0.344 e. The Morgan fingerprint density at radius 2 is 2.17 bits per heavy atom. The number of nitro groups is 1. The summed E-state index contributed by atoms with van der Waals surface area (Å²) in [6.45, 7) is 6.39. The number of carbonyl (C=O) groups is 1. The first kappa shape index (κ1) is 17.0. The van der Waals surface area contributed by atoms with Crippen LogP contribution in [-0.2, 0) is 0 Å². The molecule has 6 nitrogen and oxygen atoms in total. The molecule has 0 atom stereocenters. The van der Waals surface area contributed by atoms with E-state index in [2.05, 4.69) is 39.1 Å². The summed E-state index contributed by atoms with van der Waals surface area (Å²) < 4.78 is 13.2. The second kappa shape index (κ2) is 6.43. The lowest BCUT2D eigenvalue weighted by Gasteiger charge is -2.08. The van der Waals surface area contributed by atoms with Gasteiger partial charge in [0.05, 0.1) is 21.2 Å². The van der Waals surface area contributed by atoms with E-state index in [4.69, 9.17) is 11.6 Å². The van der Waals surface area contributed by atoms with Crippen LogP contribution in [0.25, 0.3) is 11.0 Å². The van der Waals surface area contributed by atoms with E-state index < -0.39 is 22.2 Å². The Morgan fingerprint density at radius 1 is 1.52 bits per heavy atom. The number of fused-ring (bicyclic) bond motifs is 1. The van der Waals surface area contributed by atoms with Crippen molar-refractivity contribution in [1.82, 2.24) is 9.97 Å². The average molecular weight is 401 g/mol. The molecule has 2 rings (SSSR count). The van der Waals surface area contributed by atoms with E-state index in [1.807, 2.05) is 0 Å². The Labute approximate surface area is 142 Å². The van der Waals surface area contributed by atoms with Crippen LogP contribution in [-0.4, -0.2) is 20.7 Å². The average Bonchev–Trinajstić information content (AvgIpc) is 2.92. The number of benzene rings is 1. The van der Waals surface area contributed by atoms with Crippen molar-refractivity contribution in [3.05, 3.63) is 68.2 Å². The summed E-state index contributed by atoms with van der Waals surface area (Å²) in [6, 6.07) is 1.17. The second-order valence-corrected chi connectivity index (χ2v) is 5.63. The van der Waals surface area contributed by atoms with Crippen molar-refractivity contribution < 1.29 is 14.1 Å². The molecule has 0 radical (unpaired) electrons. The normalized spacial score (nSPS) is 11.5. The molecule has 0 saturated heterocycles. The monoisotopic (exact) mass is 399 g/mol. The van der Waals surface area contributed by atoms with Crippen molar-refractivity contribution in [3.8, 4) is 0 Å². The van der Waals surface area contributed by atoms with Gasteiger partial charge in [0.15, 0.2) is 0 Å². The molecule has 0 aliphatic carbocycles. The van der Waals surface area contributed by atoms with Gasteiger partial charge in [0.1, 0.15) is 16.9 Å². The SMILES string of the molecule is C=C(F)/C=C(\C(=C)Cl)C(=O)c1c([N+](=O)[O-])cc2[nH]cnc2c1Br. The highest BCUT2D eigenvalue weighted by molar-refractivity contribution is 9.10. The van der Waals surface area contributed by atoms with Crippen molar-refractivity contribution in [1.29, 1.82) is 0 Å². The molecular weight excluding hydrogens is 393 g/mol. The third kappa shape index (κ3) is 3.22. The van der Waals surface area contributed by atoms with Crippen LogP contribution in [0, 0.1) is 10.1 Å². The van der Waals surface area contributed by atoms with Gasteiger partial charge in [0.2, 0.25) is 5.78 Å². The maximum absolute atomic E-state index is 13.1. The number of carbonyl (C=O) groups excluding carboxylic acids is 1. The van der Waals surface area contributed by atoms with Crippen LogP contribution < -0.4 is 0 Å². The molecule has 1 N–H and O–H groups in total. The summed E-state index contributed by atoms with van der Waals surface area (Å²) in [5.41, 5.74) is -0.434. The fourth-order valence-electron chi connectivity index (χ4n) is 1.95. The lowest BCUT2D eigenvalue weighted by Crippen LogP contribution is -2.09. The first-order chi connectivity index (χ1) is 10.7. The van der Waals surface area contributed by atoms with Crippen LogP contribution in [0.5, 0.6) is 0 Å².